The van der Waals surface area contributed by atoms with Crippen LogP contribution in [0.3, 0.4) is 0 Å². The monoisotopic (exact) mass is 434 g/mol. The second-order valence-corrected chi connectivity index (χ2v) is 7.41. The molecule has 1 saturated heterocycles. The lowest BCUT2D eigenvalue weighted by Crippen LogP contribution is -2.36. The minimum Gasteiger partial charge on any atom is -0.442 e. The minimum absolute atomic E-state index is 0.156. The van der Waals surface area contributed by atoms with Crippen LogP contribution < -0.4 is 21.3 Å². The van der Waals surface area contributed by atoms with E-state index in [0.29, 0.717) is 40.7 Å². The summed E-state index contributed by atoms with van der Waals surface area (Å²) in [6.45, 7) is 0.747. The van der Waals surface area contributed by atoms with Gasteiger partial charge >= 0.3 is 12.1 Å². The van der Waals surface area contributed by atoms with Gasteiger partial charge < -0.3 is 21.1 Å². The van der Waals surface area contributed by atoms with E-state index in [4.69, 9.17) is 34.3 Å². The van der Waals surface area contributed by atoms with E-state index in [1.54, 1.807) is 30.3 Å². The summed E-state index contributed by atoms with van der Waals surface area (Å²) in [5, 5.41) is 5.70. The van der Waals surface area contributed by atoms with Crippen LogP contribution in [0.4, 0.5) is 15.3 Å². The van der Waals surface area contributed by atoms with E-state index < -0.39 is 18.2 Å². The van der Waals surface area contributed by atoms with Gasteiger partial charge in [-0.2, -0.15) is 0 Å². The molecule has 0 bridgehead atoms. The molecule has 8 nitrogen and oxygen atoms in total. The Bertz CT molecular complexity index is 913. The molecule has 1 atom stereocenters. The first-order valence-electron chi connectivity index (χ1n) is 8.82. The van der Waals surface area contributed by atoms with Crippen LogP contribution in [0.15, 0.2) is 47.0 Å². The van der Waals surface area contributed by atoms with Crippen molar-refractivity contribution in [3.8, 4) is 0 Å². The number of nitrogens with zero attached hydrogens (tertiary/aromatic N) is 1. The van der Waals surface area contributed by atoms with Crippen LogP contribution >= 0.6 is 23.8 Å². The molecule has 0 saturated carbocycles. The third kappa shape index (κ3) is 5.33. The van der Waals surface area contributed by atoms with Gasteiger partial charge in [0.05, 0.1) is 18.7 Å². The first kappa shape index (κ1) is 20.8. The van der Waals surface area contributed by atoms with Gasteiger partial charge in [-0.25, -0.2) is 9.59 Å². The molecule has 29 heavy (non-hydrogen) atoms. The van der Waals surface area contributed by atoms with Crippen LogP contribution in [0.1, 0.15) is 12.0 Å². The molecule has 0 aromatic heterocycles. The Hall–Kier alpha value is -2.91. The number of nitrogens with one attached hydrogen (secondary N) is 2. The molecule has 4 N–H and O–H groups in total. The highest BCUT2D eigenvalue weighted by molar-refractivity contribution is 7.81. The van der Waals surface area contributed by atoms with E-state index in [2.05, 4.69) is 10.6 Å². The van der Waals surface area contributed by atoms with Crippen molar-refractivity contribution in [1.82, 2.24) is 10.6 Å². The second-order valence-electron chi connectivity index (χ2n) is 6.48. The highest BCUT2D eigenvalue weighted by atomic mass is 35.5. The molecule has 1 aromatic carbocycles. The summed E-state index contributed by atoms with van der Waals surface area (Å²) in [5.74, 6) is -0.345. The average Bonchev–Trinajstić information content (AvgIpc) is 3.07. The minimum atomic E-state index is -0.606. The highest BCUT2D eigenvalue weighted by Gasteiger charge is 2.32. The van der Waals surface area contributed by atoms with Gasteiger partial charge in [0, 0.05) is 28.5 Å². The maximum Gasteiger partial charge on any atom is 0.414 e. The first-order chi connectivity index (χ1) is 13.8. The fourth-order valence-corrected chi connectivity index (χ4v) is 3.31. The maximum atomic E-state index is 12.3. The quantitative estimate of drug-likeness (QED) is 0.593. The van der Waals surface area contributed by atoms with E-state index in [1.165, 1.54) is 11.0 Å². The summed E-state index contributed by atoms with van der Waals surface area (Å²) in [6.07, 6.45) is 2.73. The molecule has 1 unspecified atom stereocenters. The van der Waals surface area contributed by atoms with Crippen molar-refractivity contribution in [2.24, 2.45) is 5.73 Å². The number of thiocarbonyl (C=S) groups is 1. The van der Waals surface area contributed by atoms with Gasteiger partial charge in [0.2, 0.25) is 0 Å². The van der Waals surface area contributed by atoms with E-state index in [9.17, 15) is 14.4 Å². The topological polar surface area (TPSA) is 114 Å². The number of hydrogen-bond donors (Lipinski definition) is 3. The number of ether oxygens (including phenoxy) is 1. The fourth-order valence-electron chi connectivity index (χ4n) is 2.89. The zero-order chi connectivity index (χ0) is 21.0. The number of anilines is 1. The Balaban J connectivity index is 1.55. The molecule has 10 heteroatoms. The zero-order valence-electron chi connectivity index (χ0n) is 15.3. The lowest BCUT2D eigenvalue weighted by molar-refractivity contribution is -0.117. The molecule has 3 rings (SSSR count). The summed E-state index contributed by atoms with van der Waals surface area (Å²) in [4.78, 5) is 37.3. The number of carbonyl (C=O) groups excluding carboxylic acids is 3. The number of carbonyl (C=O) groups is 3. The average molecular weight is 435 g/mol. The van der Waals surface area contributed by atoms with Crippen LogP contribution in [-0.4, -0.2) is 42.1 Å². The number of hydrogen-bond acceptors (Lipinski definition) is 5. The fraction of sp³-hybridized carbons (Fsp3) is 0.263. The Morgan fingerprint density at radius 2 is 2.00 bits per heavy atom. The standard InChI is InChI=1S/C19H19ClN4O4S/c20-12-3-6-16(29)15(7-12)17(25)22-9-14-10-24(19(27)28-14)13-4-1-11(2-5-13)8-23-18(21)26/h1-5,7,14H,6,8-10H2,(H,22,25)(H3,21,23,26). The van der Waals surface area contributed by atoms with Gasteiger partial charge in [0.1, 0.15) is 6.10 Å². The van der Waals surface area contributed by atoms with Crippen LogP contribution in [0.25, 0.3) is 0 Å². The molecule has 1 heterocycles. The summed E-state index contributed by atoms with van der Waals surface area (Å²) in [5.41, 5.74) is 6.89. The van der Waals surface area contributed by atoms with E-state index in [-0.39, 0.29) is 12.5 Å². The third-order valence-electron chi connectivity index (χ3n) is 4.39. The zero-order valence-corrected chi connectivity index (χ0v) is 16.9. The molecule has 152 valence electrons. The Kier molecular flexibility index (Phi) is 6.50. The van der Waals surface area contributed by atoms with Crippen LogP contribution in [-0.2, 0) is 16.1 Å². The maximum absolute atomic E-state index is 12.3. The number of benzene rings is 1. The van der Waals surface area contributed by atoms with E-state index in [1.807, 2.05) is 0 Å². The Labute approximate surface area is 177 Å². The number of cyclic esters (lactones) is 1. The Morgan fingerprint density at radius 3 is 2.69 bits per heavy atom. The molecule has 2 aliphatic rings. The predicted molar refractivity (Wildman–Crippen MR) is 113 cm³/mol. The molecular weight excluding hydrogens is 416 g/mol. The van der Waals surface area contributed by atoms with Gasteiger partial charge in [-0.15, -0.1) is 0 Å². The van der Waals surface area contributed by atoms with Crippen molar-refractivity contribution < 1.29 is 19.1 Å². The van der Waals surface area contributed by atoms with Crippen LogP contribution in [0.2, 0.25) is 0 Å². The van der Waals surface area contributed by atoms with Gasteiger partial charge in [0.25, 0.3) is 5.91 Å². The number of urea groups is 1. The molecular formula is C19H19ClN4O4S. The number of allylic oxidation sites excluding steroid dienone is 3. The molecule has 0 radical (unpaired) electrons. The Morgan fingerprint density at radius 1 is 1.28 bits per heavy atom. The van der Waals surface area contributed by atoms with Crippen molar-refractivity contribution in [3.63, 3.8) is 0 Å². The largest absolute Gasteiger partial charge is 0.442 e. The number of rotatable bonds is 6. The molecule has 4 amide bonds. The van der Waals surface area contributed by atoms with Gasteiger partial charge in [0.15, 0.2) is 0 Å². The molecule has 1 fully saturated rings. The van der Waals surface area contributed by atoms with Gasteiger partial charge in [-0.3, -0.25) is 9.69 Å². The number of amides is 4. The summed E-state index contributed by atoms with van der Waals surface area (Å²) in [6, 6.07) is 6.45. The smallest absolute Gasteiger partial charge is 0.414 e. The van der Waals surface area contributed by atoms with Crippen molar-refractivity contribution in [3.05, 3.63) is 52.6 Å². The third-order valence-corrected chi connectivity index (χ3v) is 5.04. The summed E-state index contributed by atoms with van der Waals surface area (Å²) in [7, 11) is 0. The second kappa shape index (κ2) is 9.06. The van der Waals surface area contributed by atoms with Crippen LogP contribution in [0.5, 0.6) is 0 Å². The number of nitrogens with two attached hydrogens (primary N) is 1. The van der Waals surface area contributed by atoms with Gasteiger partial charge in [-0.05, 0) is 23.8 Å². The molecule has 1 aromatic rings. The molecule has 0 spiro atoms. The highest BCUT2D eigenvalue weighted by Crippen LogP contribution is 2.22. The number of halogens is 1. The van der Waals surface area contributed by atoms with E-state index in [0.717, 1.165) is 5.56 Å². The van der Waals surface area contributed by atoms with Crippen molar-refractivity contribution in [2.75, 3.05) is 18.0 Å². The number of primary amides is 1. The van der Waals surface area contributed by atoms with Crippen molar-refractivity contribution in [1.29, 1.82) is 0 Å². The SMILES string of the molecule is NC(=O)NCc1ccc(N2CC(CNC(=O)C3=CC(Cl)=CCC3=S)OC2=O)cc1. The predicted octanol–water partition coefficient (Wildman–Crippen LogP) is 2.12. The van der Waals surface area contributed by atoms with Crippen molar-refractivity contribution >= 4 is 52.4 Å². The van der Waals surface area contributed by atoms with E-state index >= 15 is 0 Å². The molecule has 1 aliphatic heterocycles. The lowest BCUT2D eigenvalue weighted by atomic mass is 10.0. The summed E-state index contributed by atoms with van der Waals surface area (Å²) < 4.78 is 5.33. The normalized spacial score (nSPS) is 18.7. The molecule has 1 aliphatic carbocycles. The lowest BCUT2D eigenvalue weighted by Gasteiger charge is -2.15. The first-order valence-corrected chi connectivity index (χ1v) is 9.61. The van der Waals surface area contributed by atoms with Gasteiger partial charge in [-0.1, -0.05) is 42.0 Å². The van der Waals surface area contributed by atoms with Crippen molar-refractivity contribution in [2.45, 2.75) is 19.1 Å². The summed E-state index contributed by atoms with van der Waals surface area (Å²) >= 11 is 11.1. The van der Waals surface area contributed by atoms with Crippen LogP contribution in [0, 0.1) is 0 Å².